The topological polar surface area (TPSA) is 44.1 Å². The van der Waals surface area contributed by atoms with Crippen molar-refractivity contribution in [2.45, 2.75) is 33.4 Å². The molecule has 0 atom stereocenters. The summed E-state index contributed by atoms with van der Waals surface area (Å²) in [6.45, 7) is 6.53. The monoisotopic (exact) mass is 258 g/mol. The Balaban J connectivity index is 2.19. The summed E-state index contributed by atoms with van der Waals surface area (Å²) in [6, 6.07) is 5.88. The van der Waals surface area contributed by atoms with Crippen LogP contribution in [0, 0.1) is 6.92 Å². The Morgan fingerprint density at radius 2 is 2.21 bits per heavy atom. The predicted molar refractivity (Wildman–Crippen MR) is 73.5 cm³/mol. The number of hydrogen-bond donors (Lipinski definition) is 0. The zero-order valence-electron chi connectivity index (χ0n) is 11.5. The van der Waals surface area contributed by atoms with Crippen LogP contribution >= 0.6 is 0 Å². The van der Waals surface area contributed by atoms with Crippen LogP contribution in [-0.4, -0.2) is 15.8 Å². The second-order valence-corrected chi connectivity index (χ2v) is 4.79. The summed E-state index contributed by atoms with van der Waals surface area (Å²) >= 11 is 0. The summed E-state index contributed by atoms with van der Waals surface area (Å²) in [4.78, 5) is 15.2. The first-order valence-corrected chi connectivity index (χ1v) is 6.31. The Hall–Kier alpha value is -2.10. The zero-order chi connectivity index (χ0) is 13.8. The molecule has 1 heterocycles. The van der Waals surface area contributed by atoms with Gasteiger partial charge in [-0.25, -0.2) is 4.98 Å². The number of rotatable bonds is 5. The Kier molecular flexibility index (Phi) is 4.00. The van der Waals surface area contributed by atoms with Gasteiger partial charge in [-0.3, -0.25) is 4.79 Å². The maximum atomic E-state index is 11.0. The van der Waals surface area contributed by atoms with Gasteiger partial charge in [0.25, 0.3) is 0 Å². The fourth-order valence-electron chi connectivity index (χ4n) is 2.02. The van der Waals surface area contributed by atoms with Crippen LogP contribution in [0.15, 0.2) is 30.7 Å². The quantitative estimate of drug-likeness (QED) is 0.774. The van der Waals surface area contributed by atoms with Crippen molar-refractivity contribution >= 4 is 6.29 Å². The van der Waals surface area contributed by atoms with E-state index in [9.17, 15) is 4.79 Å². The summed E-state index contributed by atoms with van der Waals surface area (Å²) in [5.41, 5.74) is 2.53. The van der Waals surface area contributed by atoms with Gasteiger partial charge in [0, 0.05) is 6.04 Å². The van der Waals surface area contributed by atoms with Crippen LogP contribution < -0.4 is 4.74 Å². The standard InChI is InChI=1S/C15H18N2O2/c1-11(2)17-10-16-7-14(17)9-19-15-12(3)5-4-6-13(15)8-18/h4-8,10-11H,9H2,1-3H3. The van der Waals surface area contributed by atoms with Gasteiger partial charge in [-0.1, -0.05) is 12.1 Å². The second-order valence-electron chi connectivity index (χ2n) is 4.79. The van der Waals surface area contributed by atoms with Gasteiger partial charge >= 0.3 is 0 Å². The summed E-state index contributed by atoms with van der Waals surface area (Å²) in [5, 5.41) is 0. The normalized spacial score (nSPS) is 10.7. The number of carbonyl (C=O) groups excluding carboxylic acids is 1. The zero-order valence-corrected chi connectivity index (χ0v) is 11.5. The van der Waals surface area contributed by atoms with E-state index in [4.69, 9.17) is 4.74 Å². The Morgan fingerprint density at radius 3 is 2.89 bits per heavy atom. The molecule has 0 bridgehead atoms. The molecule has 0 saturated heterocycles. The Morgan fingerprint density at radius 1 is 1.42 bits per heavy atom. The van der Waals surface area contributed by atoms with Gasteiger partial charge in [0.1, 0.15) is 12.4 Å². The highest BCUT2D eigenvalue weighted by molar-refractivity contribution is 5.80. The third-order valence-corrected chi connectivity index (χ3v) is 3.04. The fourth-order valence-corrected chi connectivity index (χ4v) is 2.02. The largest absolute Gasteiger partial charge is 0.486 e. The van der Waals surface area contributed by atoms with Crippen LogP contribution in [-0.2, 0) is 6.61 Å². The van der Waals surface area contributed by atoms with E-state index in [1.807, 2.05) is 19.1 Å². The summed E-state index contributed by atoms with van der Waals surface area (Å²) < 4.78 is 7.86. The van der Waals surface area contributed by atoms with Gasteiger partial charge in [0.15, 0.2) is 6.29 Å². The minimum atomic E-state index is 0.337. The molecule has 0 aliphatic rings. The van der Waals surface area contributed by atoms with Crippen molar-refractivity contribution in [3.05, 3.63) is 47.5 Å². The molecule has 0 aliphatic heterocycles. The van der Waals surface area contributed by atoms with Crippen molar-refractivity contribution in [2.24, 2.45) is 0 Å². The lowest BCUT2D eigenvalue weighted by molar-refractivity contribution is 0.111. The lowest BCUT2D eigenvalue weighted by atomic mass is 10.1. The van der Waals surface area contributed by atoms with Gasteiger partial charge in [0.2, 0.25) is 0 Å². The van der Waals surface area contributed by atoms with Gasteiger partial charge in [-0.05, 0) is 32.4 Å². The van der Waals surface area contributed by atoms with Crippen LogP contribution in [0.1, 0.15) is 41.5 Å². The average Bonchev–Trinajstić information content (AvgIpc) is 2.85. The molecule has 2 aromatic rings. The van der Waals surface area contributed by atoms with Crippen LogP contribution in [0.5, 0.6) is 5.75 Å². The van der Waals surface area contributed by atoms with Crippen molar-refractivity contribution in [1.29, 1.82) is 0 Å². The highest BCUT2D eigenvalue weighted by Gasteiger charge is 2.09. The molecule has 4 nitrogen and oxygen atoms in total. The summed E-state index contributed by atoms with van der Waals surface area (Å²) in [6.07, 6.45) is 4.41. The first kappa shape index (κ1) is 13.3. The molecule has 19 heavy (non-hydrogen) atoms. The molecule has 1 aromatic heterocycles. The van der Waals surface area contributed by atoms with E-state index in [-0.39, 0.29) is 0 Å². The molecule has 0 aliphatic carbocycles. The lowest BCUT2D eigenvalue weighted by Crippen LogP contribution is -2.08. The van der Waals surface area contributed by atoms with Gasteiger partial charge in [0.05, 0.1) is 23.8 Å². The molecule has 0 N–H and O–H groups in total. The number of aryl methyl sites for hydroxylation is 1. The van der Waals surface area contributed by atoms with Gasteiger partial charge in [-0.15, -0.1) is 0 Å². The van der Waals surface area contributed by atoms with Crippen LogP contribution in [0.3, 0.4) is 0 Å². The molecular weight excluding hydrogens is 240 g/mol. The van der Waals surface area contributed by atoms with E-state index < -0.39 is 0 Å². The molecule has 0 spiro atoms. The number of hydrogen-bond acceptors (Lipinski definition) is 3. The van der Waals surface area contributed by atoms with Crippen molar-refractivity contribution in [1.82, 2.24) is 9.55 Å². The summed E-state index contributed by atoms with van der Waals surface area (Å²) in [5.74, 6) is 0.647. The SMILES string of the molecule is Cc1cccc(C=O)c1OCc1cncn1C(C)C. The van der Waals surface area contributed by atoms with Crippen LogP contribution in [0.25, 0.3) is 0 Å². The van der Waals surface area contributed by atoms with Crippen molar-refractivity contribution in [2.75, 3.05) is 0 Å². The van der Waals surface area contributed by atoms with E-state index in [1.54, 1.807) is 18.6 Å². The molecule has 0 saturated carbocycles. The number of aldehydes is 1. The van der Waals surface area contributed by atoms with Crippen molar-refractivity contribution in [3.63, 3.8) is 0 Å². The number of carbonyl (C=O) groups is 1. The fraction of sp³-hybridized carbons (Fsp3) is 0.333. The summed E-state index contributed by atoms with van der Waals surface area (Å²) in [7, 11) is 0. The second kappa shape index (κ2) is 5.69. The van der Waals surface area contributed by atoms with Gasteiger partial charge in [-0.2, -0.15) is 0 Å². The molecule has 1 aromatic carbocycles. The Bertz CT molecular complexity index is 573. The number of aromatic nitrogens is 2. The number of ether oxygens (including phenoxy) is 1. The van der Waals surface area contributed by atoms with E-state index >= 15 is 0 Å². The van der Waals surface area contributed by atoms with E-state index in [0.717, 1.165) is 17.5 Å². The van der Waals surface area contributed by atoms with E-state index in [0.29, 0.717) is 24.0 Å². The molecule has 4 heteroatoms. The first-order valence-electron chi connectivity index (χ1n) is 6.31. The minimum absolute atomic E-state index is 0.337. The third-order valence-electron chi connectivity index (χ3n) is 3.04. The molecule has 0 fully saturated rings. The maximum Gasteiger partial charge on any atom is 0.153 e. The molecule has 0 radical (unpaired) electrons. The molecule has 2 rings (SSSR count). The first-order chi connectivity index (χ1) is 9.13. The van der Waals surface area contributed by atoms with Crippen LogP contribution in [0.2, 0.25) is 0 Å². The minimum Gasteiger partial charge on any atom is -0.486 e. The van der Waals surface area contributed by atoms with Crippen LogP contribution in [0.4, 0.5) is 0 Å². The number of benzene rings is 1. The molecule has 0 unspecified atom stereocenters. The third kappa shape index (κ3) is 2.84. The van der Waals surface area contributed by atoms with Gasteiger partial charge < -0.3 is 9.30 Å². The number of para-hydroxylation sites is 1. The van der Waals surface area contributed by atoms with E-state index in [1.165, 1.54) is 0 Å². The number of imidazole rings is 1. The predicted octanol–water partition coefficient (Wildman–Crippen LogP) is 3.16. The van der Waals surface area contributed by atoms with E-state index in [2.05, 4.69) is 23.4 Å². The lowest BCUT2D eigenvalue weighted by Gasteiger charge is -2.14. The molecule has 100 valence electrons. The highest BCUT2D eigenvalue weighted by atomic mass is 16.5. The smallest absolute Gasteiger partial charge is 0.153 e. The number of nitrogens with zero attached hydrogens (tertiary/aromatic N) is 2. The maximum absolute atomic E-state index is 11.0. The average molecular weight is 258 g/mol. The highest BCUT2D eigenvalue weighted by Crippen LogP contribution is 2.23. The molecule has 0 amide bonds. The molecular formula is C15H18N2O2. The Labute approximate surface area is 113 Å². The van der Waals surface area contributed by atoms with Crippen molar-refractivity contribution in [3.8, 4) is 5.75 Å². The van der Waals surface area contributed by atoms with Crippen molar-refractivity contribution < 1.29 is 9.53 Å².